The molecule has 0 amide bonds. The van der Waals surface area contributed by atoms with Crippen LogP contribution in [0, 0.1) is 0 Å². The van der Waals surface area contributed by atoms with E-state index < -0.39 is 6.23 Å². The van der Waals surface area contributed by atoms with Gasteiger partial charge in [-0.2, -0.15) is 0 Å². The fourth-order valence-electron chi connectivity index (χ4n) is 2.95. The van der Waals surface area contributed by atoms with E-state index in [1.807, 2.05) is 35.2 Å². The first-order valence-corrected chi connectivity index (χ1v) is 7.86. The molecule has 1 atom stereocenters. The average molecular weight is 329 g/mol. The molecular weight excluding hydrogens is 310 g/mol. The van der Waals surface area contributed by atoms with Crippen LogP contribution in [0.2, 0.25) is 0 Å². The molecule has 0 aromatic heterocycles. The summed E-state index contributed by atoms with van der Waals surface area (Å²) in [7, 11) is 1.61. The Morgan fingerprint density at radius 1 is 1.04 bits per heavy atom. The highest BCUT2D eigenvalue weighted by atomic mass is 16.6. The monoisotopic (exact) mass is 329 g/mol. The van der Waals surface area contributed by atoms with Crippen molar-refractivity contribution in [3.63, 3.8) is 0 Å². The normalized spacial score (nSPS) is 19.3. The number of methoxy groups -OCH3 is 1. The second kappa shape index (κ2) is 6.22. The van der Waals surface area contributed by atoms with Crippen LogP contribution >= 0.6 is 0 Å². The van der Waals surface area contributed by atoms with E-state index in [0.717, 1.165) is 22.6 Å². The highest BCUT2D eigenvalue weighted by molar-refractivity contribution is 5.45. The Morgan fingerprint density at radius 2 is 1.88 bits per heavy atom. The summed E-state index contributed by atoms with van der Waals surface area (Å²) >= 11 is 0. The van der Waals surface area contributed by atoms with Crippen LogP contribution in [0.15, 0.2) is 36.4 Å². The van der Waals surface area contributed by atoms with E-state index in [2.05, 4.69) is 0 Å². The van der Waals surface area contributed by atoms with Crippen molar-refractivity contribution in [1.82, 2.24) is 4.90 Å². The number of benzene rings is 2. The van der Waals surface area contributed by atoms with Crippen LogP contribution < -0.4 is 18.9 Å². The predicted octanol–water partition coefficient (Wildman–Crippen LogP) is 2.31. The number of aliphatic hydroxyl groups is 1. The Balaban J connectivity index is 1.53. The van der Waals surface area contributed by atoms with Gasteiger partial charge in [0.05, 0.1) is 7.11 Å². The molecule has 1 N–H and O–H groups in total. The molecule has 2 aliphatic heterocycles. The molecule has 0 spiro atoms. The van der Waals surface area contributed by atoms with E-state index >= 15 is 0 Å². The molecule has 0 aliphatic carbocycles. The van der Waals surface area contributed by atoms with E-state index in [0.29, 0.717) is 38.0 Å². The topological polar surface area (TPSA) is 60.4 Å². The fourth-order valence-corrected chi connectivity index (χ4v) is 2.95. The van der Waals surface area contributed by atoms with Crippen LogP contribution in [0.3, 0.4) is 0 Å². The van der Waals surface area contributed by atoms with Crippen LogP contribution in [0.25, 0.3) is 0 Å². The highest BCUT2D eigenvalue weighted by Crippen LogP contribution is 2.37. The fraction of sp³-hybridized carbons (Fsp3) is 0.333. The molecule has 6 heteroatoms. The number of hydrogen-bond donors (Lipinski definition) is 1. The highest BCUT2D eigenvalue weighted by Gasteiger charge is 2.27. The van der Waals surface area contributed by atoms with Gasteiger partial charge in [0, 0.05) is 18.2 Å². The molecule has 0 radical (unpaired) electrons. The van der Waals surface area contributed by atoms with Gasteiger partial charge in [-0.15, -0.1) is 0 Å². The Labute approximate surface area is 140 Å². The summed E-state index contributed by atoms with van der Waals surface area (Å²) in [5.74, 6) is 2.87. The number of hydrogen-bond acceptors (Lipinski definition) is 6. The van der Waals surface area contributed by atoms with E-state index in [9.17, 15) is 5.11 Å². The zero-order chi connectivity index (χ0) is 16.5. The summed E-state index contributed by atoms with van der Waals surface area (Å²) in [5, 5.41) is 10.6. The minimum Gasteiger partial charge on any atom is -0.497 e. The summed E-state index contributed by atoms with van der Waals surface area (Å²) in [5.41, 5.74) is 1.76. The molecule has 6 nitrogen and oxygen atoms in total. The number of nitrogens with zero attached hydrogens (tertiary/aromatic N) is 1. The molecule has 2 aliphatic rings. The Morgan fingerprint density at radius 3 is 2.71 bits per heavy atom. The molecule has 0 saturated carbocycles. The third kappa shape index (κ3) is 2.74. The lowest BCUT2D eigenvalue weighted by Crippen LogP contribution is -2.36. The summed E-state index contributed by atoms with van der Waals surface area (Å²) < 4.78 is 22.1. The van der Waals surface area contributed by atoms with E-state index in [-0.39, 0.29) is 0 Å². The maximum absolute atomic E-state index is 10.6. The third-order valence-corrected chi connectivity index (χ3v) is 4.22. The van der Waals surface area contributed by atoms with E-state index in [4.69, 9.17) is 18.9 Å². The number of fused-ring (bicyclic) bond motifs is 2. The van der Waals surface area contributed by atoms with Crippen LogP contribution in [-0.4, -0.2) is 37.1 Å². The molecule has 0 bridgehead atoms. The zero-order valence-corrected chi connectivity index (χ0v) is 13.4. The maximum atomic E-state index is 10.6. The predicted molar refractivity (Wildman–Crippen MR) is 86.4 cm³/mol. The first-order chi connectivity index (χ1) is 11.7. The first kappa shape index (κ1) is 15.1. The molecule has 2 heterocycles. The van der Waals surface area contributed by atoms with Gasteiger partial charge in [-0.05, 0) is 29.8 Å². The molecule has 126 valence electrons. The Bertz CT molecular complexity index is 748. The number of ether oxygens (including phenoxy) is 4. The SMILES string of the molecule is COc1ccc2c(c1)OCN(Cc1ccc3c(c1)OCCO3)C2O. The Hall–Kier alpha value is -2.44. The van der Waals surface area contributed by atoms with Gasteiger partial charge >= 0.3 is 0 Å². The van der Waals surface area contributed by atoms with Crippen molar-refractivity contribution >= 4 is 0 Å². The van der Waals surface area contributed by atoms with E-state index in [1.165, 1.54) is 0 Å². The lowest BCUT2D eigenvalue weighted by atomic mass is 10.1. The molecule has 24 heavy (non-hydrogen) atoms. The van der Waals surface area contributed by atoms with Crippen molar-refractivity contribution in [2.75, 3.05) is 27.1 Å². The molecule has 0 fully saturated rings. The third-order valence-electron chi connectivity index (χ3n) is 4.22. The quantitative estimate of drug-likeness (QED) is 0.932. The standard InChI is InChI=1S/C18H19NO5/c1-21-13-3-4-14-16(9-13)24-11-19(18(14)20)10-12-2-5-15-17(8-12)23-7-6-22-15/h2-5,8-9,18,20H,6-7,10-11H2,1H3. The lowest BCUT2D eigenvalue weighted by molar-refractivity contribution is -0.0659. The molecule has 2 aromatic rings. The van der Waals surface area contributed by atoms with Gasteiger partial charge in [0.2, 0.25) is 0 Å². The van der Waals surface area contributed by atoms with Crippen LogP contribution in [0.4, 0.5) is 0 Å². The zero-order valence-electron chi connectivity index (χ0n) is 13.4. The van der Waals surface area contributed by atoms with Gasteiger partial charge in [0.25, 0.3) is 0 Å². The smallest absolute Gasteiger partial charge is 0.161 e. The van der Waals surface area contributed by atoms with Gasteiger partial charge in [-0.1, -0.05) is 6.07 Å². The van der Waals surface area contributed by atoms with Crippen LogP contribution in [0.1, 0.15) is 17.4 Å². The summed E-state index contributed by atoms with van der Waals surface area (Å²) in [6, 6.07) is 11.3. The van der Waals surface area contributed by atoms with E-state index in [1.54, 1.807) is 13.2 Å². The lowest BCUT2D eigenvalue weighted by Gasteiger charge is -2.34. The van der Waals surface area contributed by atoms with Gasteiger partial charge in [0.1, 0.15) is 37.7 Å². The van der Waals surface area contributed by atoms with Gasteiger partial charge < -0.3 is 24.1 Å². The average Bonchev–Trinajstić information content (AvgIpc) is 2.63. The second-order valence-corrected chi connectivity index (χ2v) is 5.78. The molecule has 0 saturated heterocycles. The summed E-state index contributed by atoms with van der Waals surface area (Å²) in [6.45, 7) is 1.98. The Kier molecular flexibility index (Phi) is 3.92. The van der Waals surface area contributed by atoms with Crippen molar-refractivity contribution < 1.29 is 24.1 Å². The maximum Gasteiger partial charge on any atom is 0.161 e. The molecular formula is C18H19NO5. The van der Waals surface area contributed by atoms with Crippen molar-refractivity contribution in [3.8, 4) is 23.0 Å². The summed E-state index contributed by atoms with van der Waals surface area (Å²) in [4.78, 5) is 1.85. The second-order valence-electron chi connectivity index (χ2n) is 5.78. The minimum atomic E-state index is -0.729. The number of rotatable bonds is 3. The van der Waals surface area contributed by atoms with Gasteiger partial charge in [0.15, 0.2) is 11.5 Å². The van der Waals surface area contributed by atoms with Crippen molar-refractivity contribution in [1.29, 1.82) is 0 Å². The van der Waals surface area contributed by atoms with Crippen molar-refractivity contribution in [3.05, 3.63) is 47.5 Å². The molecule has 4 rings (SSSR count). The minimum absolute atomic E-state index is 0.301. The number of aliphatic hydroxyl groups excluding tert-OH is 1. The van der Waals surface area contributed by atoms with Crippen LogP contribution in [-0.2, 0) is 6.54 Å². The molecule has 2 aromatic carbocycles. The largest absolute Gasteiger partial charge is 0.497 e. The first-order valence-electron chi connectivity index (χ1n) is 7.86. The van der Waals surface area contributed by atoms with Crippen molar-refractivity contribution in [2.45, 2.75) is 12.8 Å². The van der Waals surface area contributed by atoms with Crippen molar-refractivity contribution in [2.24, 2.45) is 0 Å². The summed E-state index contributed by atoms with van der Waals surface area (Å²) in [6.07, 6.45) is -0.729. The van der Waals surface area contributed by atoms with Gasteiger partial charge in [-0.3, -0.25) is 0 Å². The van der Waals surface area contributed by atoms with Crippen LogP contribution in [0.5, 0.6) is 23.0 Å². The molecule has 1 unspecified atom stereocenters. The van der Waals surface area contributed by atoms with Gasteiger partial charge in [-0.25, -0.2) is 4.90 Å².